The maximum Gasteiger partial charge on any atom is 0.251 e. The molecule has 1 unspecified atom stereocenters. The maximum absolute atomic E-state index is 12.3. The summed E-state index contributed by atoms with van der Waals surface area (Å²) in [5, 5.41) is 1.74. The maximum atomic E-state index is 12.3. The first-order valence-electron chi connectivity index (χ1n) is 5.41. The fourth-order valence-electron chi connectivity index (χ4n) is 1.65. The fraction of sp³-hybridized carbons (Fsp3) is 0.167. The molecule has 2 aromatic rings. The molecule has 1 aromatic heterocycles. The molecular weight excluding hydrogens is 414 g/mol. The van der Waals surface area contributed by atoms with Crippen molar-refractivity contribution in [1.29, 1.82) is 0 Å². The molecule has 102 valence electrons. The van der Waals surface area contributed by atoms with Crippen LogP contribution in [-0.2, 0) is 10.0 Å². The van der Waals surface area contributed by atoms with Crippen LogP contribution in [0, 0.1) is 0 Å². The minimum absolute atomic E-state index is 0.298. The van der Waals surface area contributed by atoms with Gasteiger partial charge in [-0.25, -0.2) is 13.1 Å². The van der Waals surface area contributed by atoms with E-state index in [2.05, 4.69) is 36.6 Å². The zero-order valence-corrected chi connectivity index (χ0v) is 14.7. The summed E-state index contributed by atoms with van der Waals surface area (Å²) in [5.74, 6) is 0. The first-order chi connectivity index (χ1) is 8.92. The molecule has 0 fully saturated rings. The largest absolute Gasteiger partial charge is 0.251 e. The van der Waals surface area contributed by atoms with Crippen LogP contribution in [0.3, 0.4) is 0 Å². The number of nitrogens with one attached hydrogen (secondary N) is 1. The Hall–Kier alpha value is -0.210. The first-order valence-corrected chi connectivity index (χ1v) is 9.36. The Labute approximate surface area is 133 Å². The van der Waals surface area contributed by atoms with Crippen molar-refractivity contribution < 1.29 is 8.42 Å². The number of thiophene rings is 1. The summed E-state index contributed by atoms with van der Waals surface area (Å²) in [7, 11) is -3.51. The van der Waals surface area contributed by atoms with Crippen LogP contribution >= 0.6 is 43.2 Å². The van der Waals surface area contributed by atoms with Gasteiger partial charge in [-0.15, -0.1) is 11.3 Å². The topological polar surface area (TPSA) is 46.2 Å². The molecule has 0 amide bonds. The molecule has 0 spiro atoms. The molecule has 1 heterocycles. The van der Waals surface area contributed by atoms with Gasteiger partial charge >= 0.3 is 0 Å². The second-order valence-corrected chi connectivity index (χ2v) is 8.45. The van der Waals surface area contributed by atoms with Crippen molar-refractivity contribution >= 4 is 53.2 Å². The summed E-state index contributed by atoms with van der Waals surface area (Å²) in [6.07, 6.45) is 0. The van der Waals surface area contributed by atoms with E-state index >= 15 is 0 Å². The molecule has 19 heavy (non-hydrogen) atoms. The summed E-state index contributed by atoms with van der Waals surface area (Å²) in [6, 6.07) is 8.97. The Morgan fingerprint density at radius 3 is 2.42 bits per heavy atom. The molecule has 0 aliphatic rings. The van der Waals surface area contributed by atoms with Crippen molar-refractivity contribution in [3.8, 4) is 0 Å². The van der Waals surface area contributed by atoms with Crippen molar-refractivity contribution in [1.82, 2.24) is 4.72 Å². The number of hydrogen-bond donors (Lipinski definition) is 1. The smallest absolute Gasteiger partial charge is 0.206 e. The van der Waals surface area contributed by atoms with Crippen molar-refractivity contribution in [2.24, 2.45) is 0 Å². The van der Waals surface area contributed by atoms with E-state index in [1.165, 1.54) is 11.3 Å². The minimum Gasteiger partial charge on any atom is -0.206 e. The molecule has 7 heteroatoms. The van der Waals surface area contributed by atoms with Crippen LogP contribution in [-0.4, -0.2) is 8.42 Å². The lowest BCUT2D eigenvalue weighted by Crippen LogP contribution is -2.26. The fourth-order valence-corrected chi connectivity index (χ4v) is 5.85. The van der Waals surface area contributed by atoms with E-state index in [4.69, 9.17) is 0 Å². The van der Waals surface area contributed by atoms with Crippen molar-refractivity contribution in [3.63, 3.8) is 0 Å². The Kier molecular flexibility index (Phi) is 4.84. The highest BCUT2D eigenvalue weighted by molar-refractivity contribution is 9.10. The second-order valence-electron chi connectivity index (χ2n) is 3.92. The standard InChI is InChI=1S/C12H11Br2NO2S2/c1-8(9-4-2-3-5-10(9)13)15-19(16,17)12-11(14)6-7-18-12/h2-8,15H,1H3. The summed E-state index contributed by atoms with van der Waals surface area (Å²) in [5.41, 5.74) is 0.902. The van der Waals surface area contributed by atoms with Gasteiger partial charge in [0.2, 0.25) is 0 Å². The number of halogens is 2. The molecule has 1 N–H and O–H groups in total. The predicted molar refractivity (Wildman–Crippen MR) is 84.9 cm³/mol. The van der Waals surface area contributed by atoms with Crippen LogP contribution in [0.2, 0.25) is 0 Å². The molecule has 0 aliphatic carbocycles. The lowest BCUT2D eigenvalue weighted by atomic mass is 10.1. The Morgan fingerprint density at radius 2 is 1.84 bits per heavy atom. The minimum atomic E-state index is -3.51. The van der Waals surface area contributed by atoms with Gasteiger partial charge in [-0.2, -0.15) is 0 Å². The third-order valence-corrected chi connectivity index (χ3v) is 7.47. The Bertz CT molecular complexity index is 683. The van der Waals surface area contributed by atoms with Crippen LogP contribution in [0.1, 0.15) is 18.5 Å². The van der Waals surface area contributed by atoms with Gasteiger partial charge in [-0.1, -0.05) is 34.1 Å². The SMILES string of the molecule is CC(NS(=O)(=O)c1sccc1Br)c1ccccc1Br. The number of rotatable bonds is 4. The predicted octanol–water partition coefficient (Wildman–Crippen LogP) is 4.31. The van der Waals surface area contributed by atoms with Crippen LogP contribution in [0.5, 0.6) is 0 Å². The van der Waals surface area contributed by atoms with Gasteiger partial charge in [-0.3, -0.25) is 0 Å². The molecule has 1 aromatic carbocycles. The quantitative estimate of drug-likeness (QED) is 0.794. The molecule has 0 bridgehead atoms. The molecule has 3 nitrogen and oxygen atoms in total. The van der Waals surface area contributed by atoms with Gasteiger partial charge in [0.15, 0.2) is 0 Å². The van der Waals surface area contributed by atoms with Crippen LogP contribution < -0.4 is 4.72 Å². The summed E-state index contributed by atoms with van der Waals surface area (Å²) in [4.78, 5) is 0. The van der Waals surface area contributed by atoms with Gasteiger partial charge < -0.3 is 0 Å². The number of benzene rings is 1. The van der Waals surface area contributed by atoms with Gasteiger partial charge in [0.1, 0.15) is 4.21 Å². The van der Waals surface area contributed by atoms with Gasteiger partial charge in [-0.05, 0) is 45.9 Å². The van der Waals surface area contributed by atoms with Crippen LogP contribution in [0.15, 0.2) is 48.9 Å². The second kappa shape index (κ2) is 6.05. The van der Waals surface area contributed by atoms with Gasteiger partial charge in [0.25, 0.3) is 10.0 Å². The van der Waals surface area contributed by atoms with E-state index in [1.54, 1.807) is 11.4 Å². The average Bonchev–Trinajstić information content (AvgIpc) is 2.76. The molecule has 0 saturated heterocycles. The summed E-state index contributed by atoms with van der Waals surface area (Å²) >= 11 is 7.86. The van der Waals surface area contributed by atoms with E-state index < -0.39 is 10.0 Å². The van der Waals surface area contributed by atoms with Gasteiger partial charge in [0.05, 0.1) is 0 Å². The zero-order valence-electron chi connectivity index (χ0n) is 9.93. The highest BCUT2D eigenvalue weighted by Gasteiger charge is 2.22. The van der Waals surface area contributed by atoms with E-state index in [0.29, 0.717) is 8.68 Å². The monoisotopic (exact) mass is 423 g/mol. The van der Waals surface area contributed by atoms with Crippen molar-refractivity contribution in [2.45, 2.75) is 17.2 Å². The average molecular weight is 425 g/mol. The third-order valence-electron chi connectivity index (χ3n) is 2.53. The van der Waals surface area contributed by atoms with Gasteiger partial charge in [0, 0.05) is 15.0 Å². The molecule has 0 aliphatic heterocycles. The van der Waals surface area contributed by atoms with Crippen LogP contribution in [0.25, 0.3) is 0 Å². The van der Waals surface area contributed by atoms with Crippen molar-refractivity contribution in [2.75, 3.05) is 0 Å². The summed E-state index contributed by atoms with van der Waals surface area (Å²) in [6.45, 7) is 1.82. The molecule has 1 atom stereocenters. The van der Waals surface area contributed by atoms with Crippen LogP contribution in [0.4, 0.5) is 0 Å². The Morgan fingerprint density at radius 1 is 1.16 bits per heavy atom. The highest BCUT2D eigenvalue weighted by atomic mass is 79.9. The first kappa shape index (κ1) is 15.2. The highest BCUT2D eigenvalue weighted by Crippen LogP contribution is 2.30. The van der Waals surface area contributed by atoms with E-state index in [1.807, 2.05) is 31.2 Å². The summed E-state index contributed by atoms with van der Waals surface area (Å²) < 4.78 is 29.0. The molecule has 2 rings (SSSR count). The Balaban J connectivity index is 2.27. The van der Waals surface area contributed by atoms with E-state index in [-0.39, 0.29) is 6.04 Å². The molecule has 0 saturated carbocycles. The van der Waals surface area contributed by atoms with E-state index in [0.717, 1.165) is 10.0 Å². The number of hydrogen-bond acceptors (Lipinski definition) is 3. The lowest BCUT2D eigenvalue weighted by molar-refractivity contribution is 0.568. The lowest BCUT2D eigenvalue weighted by Gasteiger charge is -2.15. The molecule has 0 radical (unpaired) electrons. The van der Waals surface area contributed by atoms with Crippen molar-refractivity contribution in [3.05, 3.63) is 50.2 Å². The van der Waals surface area contributed by atoms with E-state index in [9.17, 15) is 8.42 Å². The third kappa shape index (κ3) is 3.46. The normalized spacial score (nSPS) is 13.4. The zero-order chi connectivity index (χ0) is 14.0. The number of sulfonamides is 1. The molecular formula is C12H11Br2NO2S2.